The predicted octanol–water partition coefficient (Wildman–Crippen LogP) is 0.244. The van der Waals surface area contributed by atoms with Gasteiger partial charge in [0.2, 0.25) is 10.0 Å². The van der Waals surface area contributed by atoms with E-state index in [1.54, 1.807) is 0 Å². The van der Waals surface area contributed by atoms with E-state index in [4.69, 9.17) is 14.6 Å². The Morgan fingerprint density at radius 1 is 1.44 bits per heavy atom. The Balaban J connectivity index is 2.50. The summed E-state index contributed by atoms with van der Waals surface area (Å²) >= 11 is 0. The fraction of sp³-hybridized carbons (Fsp3) is 0.500. The summed E-state index contributed by atoms with van der Waals surface area (Å²) in [5.74, 6) is -0.655. The second-order valence-electron chi connectivity index (χ2n) is 3.85. The van der Waals surface area contributed by atoms with Gasteiger partial charge in [-0.3, -0.25) is 0 Å². The van der Waals surface area contributed by atoms with Gasteiger partial charge in [-0.05, 0) is 19.9 Å². The first-order chi connectivity index (χ1) is 8.30. The van der Waals surface area contributed by atoms with Crippen LogP contribution in [0, 0.1) is 0 Å². The molecule has 0 spiro atoms. The Morgan fingerprint density at radius 2 is 2.11 bits per heavy atom. The molecule has 0 aliphatic carbocycles. The molecular formula is C10H16N2O5S. The predicted molar refractivity (Wildman–Crippen MR) is 63.5 cm³/mol. The zero-order valence-electron chi connectivity index (χ0n) is 10.2. The minimum absolute atomic E-state index is 0.0311. The number of hydrogen-bond donors (Lipinski definition) is 2. The Morgan fingerprint density at radius 3 is 2.61 bits per heavy atom. The molecule has 0 aliphatic rings. The number of carbonyl (C=O) groups is 1. The van der Waals surface area contributed by atoms with Gasteiger partial charge in [-0.1, -0.05) is 0 Å². The molecule has 102 valence electrons. The number of aromatic nitrogens is 1. The SMILES string of the molecule is CC(C)OCCOC(=O)c1cc(S(N)(=O)=O)c[nH]1. The largest absolute Gasteiger partial charge is 0.459 e. The van der Waals surface area contributed by atoms with Crippen LogP contribution in [0.25, 0.3) is 0 Å². The number of ether oxygens (including phenoxy) is 2. The van der Waals surface area contributed by atoms with Crippen LogP contribution < -0.4 is 5.14 Å². The van der Waals surface area contributed by atoms with Gasteiger partial charge in [-0.15, -0.1) is 0 Å². The van der Waals surface area contributed by atoms with Crippen molar-refractivity contribution in [3.05, 3.63) is 18.0 Å². The zero-order valence-corrected chi connectivity index (χ0v) is 11.0. The second kappa shape index (κ2) is 5.98. The van der Waals surface area contributed by atoms with Crippen molar-refractivity contribution in [1.29, 1.82) is 0 Å². The van der Waals surface area contributed by atoms with Crippen molar-refractivity contribution in [2.24, 2.45) is 5.14 Å². The van der Waals surface area contributed by atoms with Gasteiger partial charge in [0.15, 0.2) is 0 Å². The lowest BCUT2D eigenvalue weighted by atomic mass is 10.4. The molecule has 1 heterocycles. The topological polar surface area (TPSA) is 111 Å². The van der Waals surface area contributed by atoms with Crippen molar-refractivity contribution >= 4 is 16.0 Å². The average Bonchev–Trinajstić information content (AvgIpc) is 2.72. The zero-order chi connectivity index (χ0) is 13.8. The molecule has 18 heavy (non-hydrogen) atoms. The highest BCUT2D eigenvalue weighted by Crippen LogP contribution is 2.09. The summed E-state index contributed by atoms with van der Waals surface area (Å²) in [7, 11) is -3.82. The fourth-order valence-electron chi connectivity index (χ4n) is 1.15. The highest BCUT2D eigenvalue weighted by Gasteiger charge is 2.15. The summed E-state index contributed by atoms with van der Waals surface area (Å²) in [6.45, 7) is 4.11. The quantitative estimate of drug-likeness (QED) is 0.571. The molecule has 7 nitrogen and oxygen atoms in total. The molecule has 0 radical (unpaired) electrons. The maximum atomic E-state index is 11.5. The molecule has 0 aliphatic heterocycles. The lowest BCUT2D eigenvalue weighted by Crippen LogP contribution is -2.14. The van der Waals surface area contributed by atoms with Crippen molar-refractivity contribution in [3.63, 3.8) is 0 Å². The van der Waals surface area contributed by atoms with Gasteiger partial charge in [0.25, 0.3) is 0 Å². The van der Waals surface area contributed by atoms with Crippen LogP contribution in [0.3, 0.4) is 0 Å². The molecule has 0 amide bonds. The first kappa shape index (κ1) is 14.7. The summed E-state index contributed by atoms with van der Waals surface area (Å²) < 4.78 is 32.0. The normalized spacial score (nSPS) is 11.8. The Bertz CT molecular complexity index is 506. The molecule has 8 heteroatoms. The number of esters is 1. The molecule has 0 bridgehead atoms. The van der Waals surface area contributed by atoms with Crippen molar-refractivity contribution in [1.82, 2.24) is 4.98 Å². The molecular weight excluding hydrogens is 260 g/mol. The third kappa shape index (κ3) is 4.47. The number of nitrogens with two attached hydrogens (primary N) is 1. The van der Waals surface area contributed by atoms with Crippen molar-refractivity contribution < 1.29 is 22.7 Å². The van der Waals surface area contributed by atoms with E-state index in [0.29, 0.717) is 0 Å². The second-order valence-corrected chi connectivity index (χ2v) is 5.41. The fourth-order valence-corrected chi connectivity index (χ4v) is 1.66. The van der Waals surface area contributed by atoms with Gasteiger partial charge in [-0.2, -0.15) is 0 Å². The van der Waals surface area contributed by atoms with E-state index >= 15 is 0 Å². The van der Waals surface area contributed by atoms with Crippen molar-refractivity contribution in [2.75, 3.05) is 13.2 Å². The van der Waals surface area contributed by atoms with Gasteiger partial charge >= 0.3 is 5.97 Å². The Labute approximate surface area is 105 Å². The highest BCUT2D eigenvalue weighted by atomic mass is 32.2. The van der Waals surface area contributed by atoms with Gasteiger partial charge in [0.05, 0.1) is 12.7 Å². The molecule has 1 aromatic rings. The number of nitrogens with one attached hydrogen (secondary N) is 1. The van der Waals surface area contributed by atoms with Gasteiger partial charge < -0.3 is 14.5 Å². The summed E-state index contributed by atoms with van der Waals surface area (Å²) in [5.41, 5.74) is 0.0311. The van der Waals surface area contributed by atoms with Crippen LogP contribution in [0.2, 0.25) is 0 Å². The smallest absolute Gasteiger partial charge is 0.354 e. The first-order valence-corrected chi connectivity index (χ1v) is 6.85. The van der Waals surface area contributed by atoms with Crippen LogP contribution >= 0.6 is 0 Å². The number of carbonyl (C=O) groups excluding carboxylic acids is 1. The lowest BCUT2D eigenvalue weighted by Gasteiger charge is -2.07. The number of aromatic amines is 1. The van der Waals surface area contributed by atoms with E-state index in [0.717, 1.165) is 12.3 Å². The van der Waals surface area contributed by atoms with E-state index in [2.05, 4.69) is 4.98 Å². The summed E-state index contributed by atoms with van der Waals surface area (Å²) in [6, 6.07) is 1.13. The third-order valence-corrected chi connectivity index (χ3v) is 2.87. The molecule has 0 unspecified atom stereocenters. The van der Waals surface area contributed by atoms with Gasteiger partial charge in [-0.25, -0.2) is 18.4 Å². The average molecular weight is 276 g/mol. The molecule has 0 saturated heterocycles. The summed E-state index contributed by atoms with van der Waals surface area (Å²) in [5, 5.41) is 4.91. The molecule has 0 saturated carbocycles. The number of rotatable bonds is 6. The Hall–Kier alpha value is -1.38. The van der Waals surface area contributed by atoms with Crippen LogP contribution in [0.4, 0.5) is 0 Å². The maximum Gasteiger partial charge on any atom is 0.354 e. The van der Waals surface area contributed by atoms with E-state index < -0.39 is 16.0 Å². The van der Waals surface area contributed by atoms with E-state index in [1.807, 2.05) is 13.8 Å². The highest BCUT2D eigenvalue weighted by molar-refractivity contribution is 7.89. The van der Waals surface area contributed by atoms with E-state index in [9.17, 15) is 13.2 Å². The number of hydrogen-bond acceptors (Lipinski definition) is 5. The van der Waals surface area contributed by atoms with Crippen molar-refractivity contribution in [2.45, 2.75) is 24.8 Å². The minimum atomic E-state index is -3.82. The molecule has 0 atom stereocenters. The summed E-state index contributed by atoms with van der Waals surface area (Å²) in [4.78, 5) is 13.8. The van der Waals surface area contributed by atoms with E-state index in [1.165, 1.54) is 0 Å². The molecule has 0 fully saturated rings. The number of sulfonamides is 1. The van der Waals surface area contributed by atoms with Crippen LogP contribution in [0.5, 0.6) is 0 Å². The Kier molecular flexibility index (Phi) is 4.88. The van der Waals surface area contributed by atoms with Crippen LogP contribution in [-0.4, -0.2) is 38.7 Å². The monoisotopic (exact) mass is 276 g/mol. The first-order valence-electron chi connectivity index (χ1n) is 5.30. The molecule has 1 aromatic heterocycles. The minimum Gasteiger partial charge on any atom is -0.459 e. The number of primary sulfonamides is 1. The van der Waals surface area contributed by atoms with Crippen LogP contribution in [0.15, 0.2) is 17.2 Å². The maximum absolute atomic E-state index is 11.5. The van der Waals surface area contributed by atoms with Crippen molar-refractivity contribution in [3.8, 4) is 0 Å². The lowest BCUT2D eigenvalue weighted by molar-refractivity contribution is 0.0173. The third-order valence-electron chi connectivity index (χ3n) is 1.97. The molecule has 0 aromatic carbocycles. The van der Waals surface area contributed by atoms with E-state index in [-0.39, 0.29) is 29.9 Å². The number of H-pyrrole nitrogens is 1. The molecule has 1 rings (SSSR count). The van der Waals surface area contributed by atoms with Gasteiger partial charge in [0.1, 0.15) is 17.2 Å². The van der Waals surface area contributed by atoms with Gasteiger partial charge in [0, 0.05) is 6.20 Å². The standard InChI is InChI=1S/C10H16N2O5S/c1-7(2)16-3-4-17-10(13)9-5-8(6-12-9)18(11,14)15/h5-7,12H,3-4H2,1-2H3,(H2,11,14,15). The molecule has 3 N–H and O–H groups in total. The van der Waals surface area contributed by atoms with Crippen LogP contribution in [-0.2, 0) is 19.5 Å². The van der Waals surface area contributed by atoms with Crippen LogP contribution in [0.1, 0.15) is 24.3 Å². The summed E-state index contributed by atoms with van der Waals surface area (Å²) in [6.07, 6.45) is 1.19.